The molecule has 0 atom stereocenters. The summed E-state index contributed by atoms with van der Waals surface area (Å²) in [7, 11) is 1.96. The van der Waals surface area contributed by atoms with Gasteiger partial charge in [0.15, 0.2) is 5.65 Å². The molecule has 0 unspecified atom stereocenters. The fourth-order valence-corrected chi connectivity index (χ4v) is 2.99. The van der Waals surface area contributed by atoms with Crippen LogP contribution in [0.2, 0.25) is 0 Å². The number of aromatic nitrogens is 6. The Hall–Kier alpha value is -3.02. The van der Waals surface area contributed by atoms with Gasteiger partial charge in [-0.2, -0.15) is 5.10 Å². The molecule has 4 aromatic rings. The summed E-state index contributed by atoms with van der Waals surface area (Å²) in [5.74, 6) is 0. The molecule has 0 aliphatic rings. The first kappa shape index (κ1) is 13.6. The molecule has 114 valence electrons. The van der Waals surface area contributed by atoms with Crippen LogP contribution in [-0.2, 0) is 7.05 Å². The molecule has 0 aliphatic carbocycles. The van der Waals surface area contributed by atoms with Gasteiger partial charge in [-0.25, -0.2) is 9.97 Å². The van der Waals surface area contributed by atoms with Gasteiger partial charge in [0, 0.05) is 36.3 Å². The summed E-state index contributed by atoms with van der Waals surface area (Å²) >= 11 is 0. The van der Waals surface area contributed by atoms with E-state index in [4.69, 9.17) is 0 Å². The van der Waals surface area contributed by atoms with Gasteiger partial charge in [0.25, 0.3) is 0 Å². The molecule has 0 saturated heterocycles. The van der Waals surface area contributed by atoms with Crippen LogP contribution in [-0.4, -0.2) is 29.7 Å². The Kier molecular flexibility index (Phi) is 2.97. The lowest BCUT2D eigenvalue weighted by Gasteiger charge is -2.06. The van der Waals surface area contributed by atoms with Crippen molar-refractivity contribution >= 4 is 11.2 Å². The fourth-order valence-electron chi connectivity index (χ4n) is 2.99. The molecule has 6 heteroatoms. The second-order valence-corrected chi connectivity index (χ2v) is 5.56. The molecule has 0 aliphatic heterocycles. The van der Waals surface area contributed by atoms with Crippen LogP contribution in [0.4, 0.5) is 0 Å². The van der Waals surface area contributed by atoms with E-state index in [0.29, 0.717) is 5.65 Å². The van der Waals surface area contributed by atoms with Crippen LogP contribution in [0.3, 0.4) is 0 Å². The quantitative estimate of drug-likeness (QED) is 0.618. The van der Waals surface area contributed by atoms with Crippen molar-refractivity contribution in [3.8, 4) is 22.4 Å². The SMILES string of the molecule is Cc1nn(C)c(C)c1-c1ccnc(-c2ccnc3nc[nH]c23)c1. The summed E-state index contributed by atoms with van der Waals surface area (Å²) in [5, 5.41) is 4.50. The third-order valence-electron chi connectivity index (χ3n) is 4.16. The standard InChI is InChI=1S/C17H16N6/c1-10-15(11(2)23(3)22-10)12-4-6-18-14(8-12)13-5-7-19-17-16(13)20-9-21-17/h4-9H,1-3H3,(H,19,20,21). The smallest absolute Gasteiger partial charge is 0.178 e. The van der Waals surface area contributed by atoms with Gasteiger partial charge in [-0.15, -0.1) is 0 Å². The van der Waals surface area contributed by atoms with Crippen molar-refractivity contribution in [3.05, 3.63) is 48.3 Å². The highest BCUT2D eigenvalue weighted by atomic mass is 15.3. The van der Waals surface area contributed by atoms with E-state index < -0.39 is 0 Å². The number of imidazole rings is 1. The predicted octanol–water partition coefficient (Wildman–Crippen LogP) is 3.04. The maximum Gasteiger partial charge on any atom is 0.178 e. The number of fused-ring (bicyclic) bond motifs is 1. The molecule has 1 N–H and O–H groups in total. The first-order chi connectivity index (χ1) is 11.1. The van der Waals surface area contributed by atoms with Gasteiger partial charge in [-0.3, -0.25) is 9.67 Å². The number of rotatable bonds is 2. The molecule has 23 heavy (non-hydrogen) atoms. The number of pyridine rings is 2. The van der Waals surface area contributed by atoms with Crippen molar-refractivity contribution in [2.45, 2.75) is 13.8 Å². The molecule has 0 aromatic carbocycles. The van der Waals surface area contributed by atoms with E-state index in [1.54, 1.807) is 12.5 Å². The number of hydrogen-bond acceptors (Lipinski definition) is 4. The molecule has 6 nitrogen and oxygen atoms in total. The third kappa shape index (κ3) is 2.11. The zero-order valence-electron chi connectivity index (χ0n) is 13.2. The molecule has 0 amide bonds. The summed E-state index contributed by atoms with van der Waals surface area (Å²) in [6, 6.07) is 6.06. The van der Waals surface area contributed by atoms with Crippen molar-refractivity contribution < 1.29 is 0 Å². The molecule has 4 aromatic heterocycles. The molecule has 0 spiro atoms. The molecule has 0 saturated carbocycles. The van der Waals surface area contributed by atoms with E-state index in [1.807, 2.05) is 37.0 Å². The number of aromatic amines is 1. The summed E-state index contributed by atoms with van der Waals surface area (Å²) < 4.78 is 1.91. The van der Waals surface area contributed by atoms with E-state index in [9.17, 15) is 0 Å². The Labute approximate surface area is 133 Å². The van der Waals surface area contributed by atoms with Gasteiger partial charge in [-0.05, 0) is 37.6 Å². The highest BCUT2D eigenvalue weighted by Gasteiger charge is 2.14. The minimum Gasteiger partial charge on any atom is -0.343 e. The maximum absolute atomic E-state index is 4.53. The zero-order valence-corrected chi connectivity index (χ0v) is 13.2. The van der Waals surface area contributed by atoms with Crippen molar-refractivity contribution in [3.63, 3.8) is 0 Å². The maximum atomic E-state index is 4.53. The van der Waals surface area contributed by atoms with E-state index >= 15 is 0 Å². The Balaban J connectivity index is 1.91. The lowest BCUT2D eigenvalue weighted by atomic mass is 10.0. The van der Waals surface area contributed by atoms with E-state index in [0.717, 1.165) is 39.3 Å². The summed E-state index contributed by atoms with van der Waals surface area (Å²) in [4.78, 5) is 16.1. The average molecular weight is 304 g/mol. The number of nitrogens with zero attached hydrogens (tertiary/aromatic N) is 5. The fraction of sp³-hybridized carbons (Fsp3) is 0.176. The van der Waals surface area contributed by atoms with E-state index in [2.05, 4.69) is 38.0 Å². The topological polar surface area (TPSA) is 72.3 Å². The van der Waals surface area contributed by atoms with Crippen LogP contribution >= 0.6 is 0 Å². The van der Waals surface area contributed by atoms with Gasteiger partial charge in [0.2, 0.25) is 0 Å². The highest BCUT2D eigenvalue weighted by Crippen LogP contribution is 2.30. The Morgan fingerprint density at radius 2 is 1.87 bits per heavy atom. The lowest BCUT2D eigenvalue weighted by molar-refractivity contribution is 0.731. The van der Waals surface area contributed by atoms with Crippen LogP contribution in [0.15, 0.2) is 36.9 Å². The Bertz CT molecular complexity index is 1010. The van der Waals surface area contributed by atoms with Crippen molar-refractivity contribution in [1.82, 2.24) is 29.7 Å². The predicted molar refractivity (Wildman–Crippen MR) is 88.8 cm³/mol. The molecule has 0 radical (unpaired) electrons. The van der Waals surface area contributed by atoms with Gasteiger partial charge in [0.05, 0.1) is 23.2 Å². The molecule has 4 heterocycles. The second-order valence-electron chi connectivity index (χ2n) is 5.56. The van der Waals surface area contributed by atoms with Crippen LogP contribution in [0.1, 0.15) is 11.4 Å². The number of aryl methyl sites for hydroxylation is 2. The van der Waals surface area contributed by atoms with Crippen LogP contribution in [0.25, 0.3) is 33.5 Å². The largest absolute Gasteiger partial charge is 0.343 e. The van der Waals surface area contributed by atoms with Crippen LogP contribution < -0.4 is 0 Å². The molecule has 4 rings (SSSR count). The molecular weight excluding hydrogens is 288 g/mol. The third-order valence-corrected chi connectivity index (χ3v) is 4.16. The van der Waals surface area contributed by atoms with Crippen molar-refractivity contribution in [2.24, 2.45) is 7.05 Å². The van der Waals surface area contributed by atoms with Crippen molar-refractivity contribution in [1.29, 1.82) is 0 Å². The van der Waals surface area contributed by atoms with Gasteiger partial charge in [-0.1, -0.05) is 0 Å². The lowest BCUT2D eigenvalue weighted by Crippen LogP contribution is -1.93. The first-order valence-electron chi connectivity index (χ1n) is 7.40. The van der Waals surface area contributed by atoms with Gasteiger partial charge >= 0.3 is 0 Å². The van der Waals surface area contributed by atoms with Crippen molar-refractivity contribution in [2.75, 3.05) is 0 Å². The summed E-state index contributed by atoms with van der Waals surface area (Å²) in [6.45, 7) is 4.11. The number of H-pyrrole nitrogens is 1. The minimum absolute atomic E-state index is 0.698. The average Bonchev–Trinajstić information content (AvgIpc) is 3.12. The van der Waals surface area contributed by atoms with Gasteiger partial charge in [0.1, 0.15) is 0 Å². The summed E-state index contributed by atoms with van der Waals surface area (Å²) in [6.07, 6.45) is 5.24. The number of hydrogen-bond donors (Lipinski definition) is 1. The highest BCUT2D eigenvalue weighted by molar-refractivity contribution is 5.89. The molecule has 0 bridgehead atoms. The Morgan fingerprint density at radius 3 is 2.65 bits per heavy atom. The van der Waals surface area contributed by atoms with E-state index in [1.165, 1.54) is 0 Å². The minimum atomic E-state index is 0.698. The molecular formula is C17H16N6. The van der Waals surface area contributed by atoms with Crippen LogP contribution in [0, 0.1) is 13.8 Å². The van der Waals surface area contributed by atoms with E-state index in [-0.39, 0.29) is 0 Å². The first-order valence-corrected chi connectivity index (χ1v) is 7.40. The number of nitrogens with one attached hydrogen (secondary N) is 1. The molecule has 0 fully saturated rings. The normalized spacial score (nSPS) is 11.3. The monoisotopic (exact) mass is 304 g/mol. The van der Waals surface area contributed by atoms with Crippen LogP contribution in [0.5, 0.6) is 0 Å². The van der Waals surface area contributed by atoms with Gasteiger partial charge < -0.3 is 4.98 Å². The second kappa shape index (κ2) is 5.01. The zero-order chi connectivity index (χ0) is 16.0. The Morgan fingerprint density at radius 1 is 1.04 bits per heavy atom. The summed E-state index contributed by atoms with van der Waals surface area (Å²) in [5.41, 5.74) is 7.91.